The predicted octanol–water partition coefficient (Wildman–Crippen LogP) is 6.08. The second kappa shape index (κ2) is 12.9. The molecule has 206 valence electrons. The number of halogens is 1. The number of nitriles is 1. The van der Waals surface area contributed by atoms with E-state index in [9.17, 15) is 22.3 Å². The van der Waals surface area contributed by atoms with Crippen molar-refractivity contribution in [3.05, 3.63) is 47.3 Å². The Morgan fingerprint density at radius 2 is 1.74 bits per heavy atom. The van der Waals surface area contributed by atoms with Crippen molar-refractivity contribution < 1.29 is 36.3 Å². The minimum Gasteiger partial charge on any atom is -0.490 e. The van der Waals surface area contributed by atoms with Crippen LogP contribution in [0.5, 0.6) is 17.2 Å². The van der Waals surface area contributed by atoms with Gasteiger partial charge < -0.3 is 18.9 Å². The highest BCUT2D eigenvalue weighted by Gasteiger charge is 2.29. The third kappa shape index (κ3) is 7.46. The number of benzene rings is 2. The zero-order valence-corrected chi connectivity index (χ0v) is 23.8. The van der Waals surface area contributed by atoms with Gasteiger partial charge in [0.15, 0.2) is 11.5 Å². The van der Waals surface area contributed by atoms with Crippen LogP contribution in [0, 0.1) is 24.1 Å². The monoisotopic (exact) mass is 584 g/mol. The molecule has 3 rings (SSSR count). The molecule has 0 bridgehead atoms. The lowest BCUT2D eigenvalue weighted by Gasteiger charge is -2.14. The summed E-state index contributed by atoms with van der Waals surface area (Å²) in [6.07, 6.45) is 2.69. The van der Waals surface area contributed by atoms with Gasteiger partial charge in [0.1, 0.15) is 28.1 Å². The van der Waals surface area contributed by atoms with Gasteiger partial charge in [0.25, 0.3) is 10.0 Å². The Hall–Kier alpha value is -2.68. The first-order valence-corrected chi connectivity index (χ1v) is 16.1. The van der Waals surface area contributed by atoms with Crippen molar-refractivity contribution in [1.82, 2.24) is 4.72 Å². The second-order valence-electron chi connectivity index (χ2n) is 8.50. The van der Waals surface area contributed by atoms with E-state index in [1.165, 1.54) is 0 Å². The van der Waals surface area contributed by atoms with Crippen LogP contribution in [-0.4, -0.2) is 32.8 Å². The fourth-order valence-electron chi connectivity index (χ4n) is 3.41. The Bertz CT molecular complexity index is 1490. The Morgan fingerprint density at radius 3 is 2.32 bits per heavy atom. The summed E-state index contributed by atoms with van der Waals surface area (Å²) in [6, 6.07) is 8.17. The van der Waals surface area contributed by atoms with Crippen molar-refractivity contribution >= 4 is 39.0 Å². The molecular weight excluding hydrogens is 554 g/mol. The molecule has 9 nitrogen and oxygen atoms in total. The molecule has 0 radical (unpaired) electrons. The van der Waals surface area contributed by atoms with Crippen molar-refractivity contribution in [2.45, 2.75) is 50.7 Å². The molecule has 2 N–H and O–H groups in total. The molecule has 0 saturated carbocycles. The number of nitrogens with zero attached hydrogens (tertiary/aromatic N) is 1. The average molecular weight is 585 g/mol. The Labute approximate surface area is 225 Å². The average Bonchev–Trinajstić information content (AvgIpc) is 3.19. The molecule has 0 spiro atoms. The van der Waals surface area contributed by atoms with E-state index in [4.69, 9.17) is 19.3 Å². The fourth-order valence-corrected chi connectivity index (χ4v) is 7.73. The van der Waals surface area contributed by atoms with Gasteiger partial charge in [-0.2, -0.15) is 9.98 Å². The number of sulfonamides is 1. The van der Waals surface area contributed by atoms with Crippen LogP contribution >= 0.6 is 18.9 Å². The molecular formula is C25H30FN2O7PS2. The molecule has 0 saturated heterocycles. The molecule has 1 unspecified atom stereocenters. The molecule has 2 aromatic carbocycles. The van der Waals surface area contributed by atoms with Crippen LogP contribution in [0.4, 0.5) is 4.39 Å². The highest BCUT2D eigenvalue weighted by Crippen LogP contribution is 2.44. The number of thiophene rings is 1. The summed E-state index contributed by atoms with van der Waals surface area (Å²) in [5.41, 5.74) is 0.199. The molecule has 0 aliphatic carbocycles. The van der Waals surface area contributed by atoms with Gasteiger partial charge in [-0.25, -0.2) is 17.4 Å². The third-order valence-electron chi connectivity index (χ3n) is 5.48. The molecule has 1 aromatic heterocycles. The number of ether oxygens (including phenoxy) is 2. The van der Waals surface area contributed by atoms with Crippen LogP contribution in [0.2, 0.25) is 0 Å². The van der Waals surface area contributed by atoms with Crippen LogP contribution in [0.25, 0.3) is 10.1 Å². The SMILES string of the molecule is CCCCOc1cc2sc(S(=O)(=O)NCP(=O)(O)Oc3ccc(C#N)c(F)c3)c(C)c2cc1OCCCC. The van der Waals surface area contributed by atoms with Crippen molar-refractivity contribution in [2.24, 2.45) is 0 Å². The van der Waals surface area contributed by atoms with Crippen LogP contribution in [0.3, 0.4) is 0 Å². The van der Waals surface area contributed by atoms with E-state index in [-0.39, 0.29) is 15.5 Å². The van der Waals surface area contributed by atoms with Gasteiger partial charge in [0, 0.05) is 22.2 Å². The quantitative estimate of drug-likeness (QED) is 0.172. The van der Waals surface area contributed by atoms with E-state index in [2.05, 4.69) is 18.6 Å². The molecule has 13 heteroatoms. The largest absolute Gasteiger partial charge is 0.490 e. The van der Waals surface area contributed by atoms with Crippen molar-refractivity contribution in [1.29, 1.82) is 5.26 Å². The van der Waals surface area contributed by atoms with Crippen molar-refractivity contribution in [2.75, 3.05) is 19.5 Å². The maximum Gasteiger partial charge on any atom is 0.391 e. The van der Waals surface area contributed by atoms with Crippen molar-refractivity contribution in [3.8, 4) is 23.3 Å². The standard InChI is InChI=1S/C25H30FN2O7PS2/c1-4-6-10-33-22-13-20-17(3)25(37-24(20)14-23(22)34-11-7-5-2)38(31,32)28-16-36(29,30)35-19-9-8-18(15-27)21(26)12-19/h8-9,12-14,28H,4-7,10-11,16H2,1-3H3,(H,29,30). The van der Waals surface area contributed by atoms with Crippen molar-refractivity contribution in [3.63, 3.8) is 0 Å². The van der Waals surface area contributed by atoms with Gasteiger partial charge in [-0.15, -0.1) is 11.3 Å². The fraction of sp³-hybridized carbons (Fsp3) is 0.400. The van der Waals surface area contributed by atoms with Crippen LogP contribution < -0.4 is 18.7 Å². The summed E-state index contributed by atoms with van der Waals surface area (Å²) in [5.74, 6) is -0.177. The van der Waals surface area contributed by atoms with Crippen LogP contribution in [0.15, 0.2) is 34.5 Å². The Kier molecular flexibility index (Phi) is 10.2. The number of hydrogen-bond acceptors (Lipinski definition) is 8. The van der Waals surface area contributed by atoms with Gasteiger partial charge in [0.05, 0.1) is 18.8 Å². The first-order valence-electron chi connectivity index (χ1n) is 12.0. The molecule has 3 aromatic rings. The summed E-state index contributed by atoms with van der Waals surface area (Å²) < 4.78 is 72.0. The minimum atomic E-state index is -4.55. The number of hydrogen-bond donors (Lipinski definition) is 2. The molecule has 0 fully saturated rings. The molecule has 0 aliphatic rings. The summed E-state index contributed by atoms with van der Waals surface area (Å²) >= 11 is 1.00. The first-order chi connectivity index (χ1) is 18.0. The lowest BCUT2D eigenvalue weighted by Crippen LogP contribution is -2.25. The second-order valence-corrected chi connectivity index (χ2v) is 13.3. The van der Waals surface area contributed by atoms with E-state index < -0.39 is 29.7 Å². The van der Waals surface area contributed by atoms with Crippen LogP contribution in [-0.2, 0) is 14.6 Å². The Balaban J connectivity index is 1.83. The van der Waals surface area contributed by atoms with Gasteiger partial charge in [-0.3, -0.25) is 0 Å². The van der Waals surface area contributed by atoms with Gasteiger partial charge in [-0.05, 0) is 43.5 Å². The predicted molar refractivity (Wildman–Crippen MR) is 144 cm³/mol. The van der Waals surface area contributed by atoms with E-state index in [0.29, 0.717) is 40.4 Å². The highest BCUT2D eigenvalue weighted by molar-refractivity contribution is 7.92. The first kappa shape index (κ1) is 29.9. The minimum absolute atomic E-state index is 0.0258. The molecule has 0 aliphatic heterocycles. The Morgan fingerprint density at radius 1 is 1.11 bits per heavy atom. The maximum absolute atomic E-state index is 13.8. The zero-order valence-electron chi connectivity index (χ0n) is 21.3. The van der Waals surface area contributed by atoms with E-state index in [1.54, 1.807) is 25.1 Å². The molecule has 1 heterocycles. The normalized spacial score (nSPS) is 13.2. The highest BCUT2D eigenvalue weighted by atomic mass is 32.2. The summed E-state index contributed by atoms with van der Waals surface area (Å²) in [6.45, 7) is 6.75. The molecule has 0 amide bonds. The summed E-state index contributed by atoms with van der Waals surface area (Å²) in [4.78, 5) is 10.2. The van der Waals surface area contributed by atoms with E-state index in [1.807, 2.05) is 0 Å². The topological polar surface area (TPSA) is 135 Å². The lowest BCUT2D eigenvalue weighted by molar-refractivity contribution is 0.262. The van der Waals surface area contributed by atoms with Gasteiger partial charge in [0.2, 0.25) is 0 Å². The smallest absolute Gasteiger partial charge is 0.391 e. The number of unbranched alkanes of at least 4 members (excludes halogenated alkanes) is 2. The summed E-state index contributed by atoms with van der Waals surface area (Å²) in [7, 11) is -8.75. The maximum atomic E-state index is 13.8. The third-order valence-corrected chi connectivity index (χ3v) is 10.0. The number of fused-ring (bicyclic) bond motifs is 1. The molecule has 38 heavy (non-hydrogen) atoms. The van der Waals surface area contributed by atoms with Gasteiger partial charge in [-0.1, -0.05) is 26.7 Å². The van der Waals surface area contributed by atoms with E-state index in [0.717, 1.165) is 55.2 Å². The van der Waals surface area contributed by atoms with E-state index >= 15 is 0 Å². The lowest BCUT2D eigenvalue weighted by atomic mass is 10.2. The number of rotatable bonds is 14. The number of nitrogens with one attached hydrogen (secondary N) is 1. The number of aryl methyl sites for hydroxylation is 1. The molecule has 1 atom stereocenters. The van der Waals surface area contributed by atoms with Gasteiger partial charge >= 0.3 is 7.60 Å². The zero-order chi connectivity index (χ0) is 27.9. The summed E-state index contributed by atoms with van der Waals surface area (Å²) in [5, 5.41) is 9.47. The van der Waals surface area contributed by atoms with Crippen LogP contribution in [0.1, 0.15) is 50.7 Å².